The number of esters is 2. The molecule has 1 aliphatic heterocycles. The molecule has 3 aromatic carbocycles. The molecule has 47 heavy (non-hydrogen) atoms. The summed E-state index contributed by atoms with van der Waals surface area (Å²) in [5.41, 5.74) is 0.420. The van der Waals surface area contributed by atoms with E-state index in [-0.39, 0.29) is 22.5 Å². The van der Waals surface area contributed by atoms with Gasteiger partial charge in [-0.25, -0.2) is 18.6 Å². The van der Waals surface area contributed by atoms with Gasteiger partial charge in [-0.3, -0.25) is 9.35 Å². The number of nitrogens with one attached hydrogen (secondary N) is 1. The van der Waals surface area contributed by atoms with E-state index < -0.39 is 71.1 Å². The number of rotatable bonds is 10. The maximum absolute atomic E-state index is 13.4. The standard InChI is InChI=1S/C32H29NO13S/c1-18-15-26(35)43-24-16-22(13-14-23(18)24)42-32-27(33-19(2)34)29(46-31(37)21-11-7-4-8-12-21)28(25(44-32)17-41-47(38,39)40)45-30(36)20-9-5-3-6-10-20/h3-16,25,27-29,32H,17H2,1-2H3,(H,33,34)(H,38,39,40)/t25?,27?,28-,29?,32+/m0/s1. The Labute approximate surface area is 268 Å². The molecule has 0 saturated carbocycles. The molecule has 1 aliphatic rings. The summed E-state index contributed by atoms with van der Waals surface area (Å²) in [6.07, 6.45) is -6.31. The van der Waals surface area contributed by atoms with E-state index in [1.165, 1.54) is 49.4 Å². The number of hydrogen-bond acceptors (Lipinski definition) is 12. The number of carbonyl (C=O) groups excluding carboxylic acids is 3. The van der Waals surface area contributed by atoms with Gasteiger partial charge in [-0.15, -0.1) is 0 Å². The molecule has 2 heterocycles. The lowest BCUT2D eigenvalue weighted by Gasteiger charge is -2.45. The zero-order chi connectivity index (χ0) is 33.7. The predicted molar refractivity (Wildman–Crippen MR) is 163 cm³/mol. The van der Waals surface area contributed by atoms with E-state index in [1.807, 2.05) is 0 Å². The number of fused-ring (bicyclic) bond motifs is 1. The number of ether oxygens (including phenoxy) is 4. The SMILES string of the molecule is CC(=O)NC1C(OC(=O)c2ccccc2)[C@@H](OC(=O)c2ccccc2)C(COS(=O)(=O)O)O[C@H]1Oc1ccc2c(C)cc(=O)oc2c1. The Morgan fingerprint density at radius 3 is 2.04 bits per heavy atom. The second-order valence-electron chi connectivity index (χ2n) is 10.5. The van der Waals surface area contributed by atoms with Crippen molar-refractivity contribution in [3.05, 3.63) is 112 Å². The van der Waals surface area contributed by atoms with Gasteiger partial charge >= 0.3 is 28.0 Å². The van der Waals surface area contributed by atoms with Crippen molar-refractivity contribution in [3.8, 4) is 5.75 Å². The van der Waals surface area contributed by atoms with Crippen LogP contribution in [0.25, 0.3) is 11.0 Å². The molecule has 4 aromatic rings. The van der Waals surface area contributed by atoms with Crippen molar-refractivity contribution < 1.29 is 54.9 Å². The van der Waals surface area contributed by atoms with Crippen molar-refractivity contribution in [3.63, 3.8) is 0 Å². The molecule has 0 spiro atoms. The fourth-order valence-electron chi connectivity index (χ4n) is 5.01. The highest BCUT2D eigenvalue weighted by Gasteiger charge is 2.52. The highest BCUT2D eigenvalue weighted by Crippen LogP contribution is 2.31. The minimum Gasteiger partial charge on any atom is -0.462 e. The molecule has 3 unspecified atom stereocenters. The van der Waals surface area contributed by atoms with Gasteiger partial charge < -0.3 is 28.7 Å². The first-order chi connectivity index (χ1) is 22.4. The van der Waals surface area contributed by atoms with E-state index in [4.69, 9.17) is 23.4 Å². The third-order valence-corrected chi connectivity index (χ3v) is 7.51. The minimum atomic E-state index is -5.03. The molecular formula is C32H29NO13S. The Balaban J connectivity index is 1.58. The minimum absolute atomic E-state index is 0.0777. The highest BCUT2D eigenvalue weighted by atomic mass is 32.3. The topological polar surface area (TPSA) is 194 Å². The highest BCUT2D eigenvalue weighted by molar-refractivity contribution is 7.80. The Kier molecular flexibility index (Phi) is 10.0. The molecule has 1 amide bonds. The molecule has 1 aromatic heterocycles. The molecule has 0 radical (unpaired) electrons. The van der Waals surface area contributed by atoms with Gasteiger partial charge in [-0.05, 0) is 48.9 Å². The van der Waals surface area contributed by atoms with Crippen LogP contribution < -0.4 is 15.7 Å². The van der Waals surface area contributed by atoms with Crippen LogP contribution in [0.5, 0.6) is 5.75 Å². The fraction of sp³-hybridized carbons (Fsp3) is 0.250. The van der Waals surface area contributed by atoms with Crippen LogP contribution in [0.15, 0.2) is 94.1 Å². The van der Waals surface area contributed by atoms with Gasteiger partial charge in [-0.1, -0.05) is 36.4 Å². The van der Waals surface area contributed by atoms with Gasteiger partial charge in [0.2, 0.25) is 12.2 Å². The molecule has 2 N–H and O–H groups in total. The molecule has 246 valence electrons. The molecule has 14 nitrogen and oxygen atoms in total. The molecule has 1 saturated heterocycles. The van der Waals surface area contributed by atoms with E-state index in [1.54, 1.807) is 49.4 Å². The number of benzene rings is 3. The first kappa shape index (κ1) is 33.3. The van der Waals surface area contributed by atoms with Crippen molar-refractivity contribution >= 4 is 39.2 Å². The lowest BCUT2D eigenvalue weighted by molar-refractivity contribution is -0.242. The summed E-state index contributed by atoms with van der Waals surface area (Å²) >= 11 is 0. The molecule has 1 fully saturated rings. The van der Waals surface area contributed by atoms with Crippen molar-refractivity contribution in [1.82, 2.24) is 5.32 Å². The van der Waals surface area contributed by atoms with Crippen molar-refractivity contribution in [2.45, 2.75) is 44.5 Å². The molecule has 15 heteroatoms. The normalized spacial score (nSPS) is 21.0. The van der Waals surface area contributed by atoms with Crippen LogP contribution in [0, 0.1) is 6.92 Å². The van der Waals surface area contributed by atoms with Crippen molar-refractivity contribution in [2.75, 3.05) is 6.61 Å². The summed E-state index contributed by atoms with van der Waals surface area (Å²) in [5.74, 6) is -2.33. The zero-order valence-electron chi connectivity index (χ0n) is 24.9. The van der Waals surface area contributed by atoms with Crippen molar-refractivity contribution in [2.24, 2.45) is 0 Å². The average molecular weight is 668 g/mol. The Morgan fingerprint density at radius 1 is 0.872 bits per heavy atom. The molecule has 0 aliphatic carbocycles. The number of amides is 1. The van der Waals surface area contributed by atoms with Crippen LogP contribution >= 0.6 is 0 Å². The summed E-state index contributed by atoms with van der Waals surface area (Å²) in [5, 5.41) is 3.22. The van der Waals surface area contributed by atoms with Crippen LogP contribution in [0.4, 0.5) is 0 Å². The smallest absolute Gasteiger partial charge is 0.397 e. The molecular weight excluding hydrogens is 638 g/mol. The lowest BCUT2D eigenvalue weighted by Crippen LogP contribution is -2.67. The van der Waals surface area contributed by atoms with E-state index in [9.17, 15) is 32.1 Å². The van der Waals surface area contributed by atoms with Crippen molar-refractivity contribution in [1.29, 1.82) is 0 Å². The second kappa shape index (κ2) is 14.1. The maximum atomic E-state index is 13.4. The van der Waals surface area contributed by atoms with Gasteiger partial charge in [0.05, 0.1) is 17.7 Å². The summed E-state index contributed by atoms with van der Waals surface area (Å²) in [6, 6.07) is 20.0. The first-order valence-electron chi connectivity index (χ1n) is 14.2. The van der Waals surface area contributed by atoms with E-state index in [0.29, 0.717) is 10.9 Å². The fourth-order valence-corrected chi connectivity index (χ4v) is 5.31. The van der Waals surface area contributed by atoms with E-state index in [0.717, 1.165) is 0 Å². The van der Waals surface area contributed by atoms with Gasteiger partial charge in [0.25, 0.3) is 0 Å². The summed E-state index contributed by atoms with van der Waals surface area (Å²) in [7, 11) is -5.03. The van der Waals surface area contributed by atoms with Crippen LogP contribution in [0.2, 0.25) is 0 Å². The van der Waals surface area contributed by atoms with Crippen LogP contribution in [0.1, 0.15) is 33.2 Å². The first-order valence-corrected chi connectivity index (χ1v) is 15.5. The van der Waals surface area contributed by atoms with Gasteiger partial charge in [0.15, 0.2) is 12.2 Å². The van der Waals surface area contributed by atoms with E-state index in [2.05, 4.69) is 9.50 Å². The molecule has 5 rings (SSSR count). The average Bonchev–Trinajstić information content (AvgIpc) is 3.02. The number of carbonyl (C=O) groups is 3. The Bertz CT molecular complexity index is 1930. The summed E-state index contributed by atoms with van der Waals surface area (Å²) in [4.78, 5) is 51.1. The van der Waals surface area contributed by atoms with Gasteiger partial charge in [-0.2, -0.15) is 8.42 Å². The number of aryl methyl sites for hydroxylation is 1. The number of hydrogen-bond donors (Lipinski definition) is 2. The Hall–Kier alpha value is -5.09. The lowest BCUT2D eigenvalue weighted by atomic mass is 9.95. The van der Waals surface area contributed by atoms with Gasteiger partial charge in [0.1, 0.15) is 23.5 Å². The van der Waals surface area contributed by atoms with Crippen LogP contribution in [0.3, 0.4) is 0 Å². The quantitative estimate of drug-likeness (QED) is 0.143. The van der Waals surface area contributed by atoms with Crippen LogP contribution in [-0.4, -0.2) is 68.1 Å². The Morgan fingerprint density at radius 2 is 1.47 bits per heavy atom. The van der Waals surface area contributed by atoms with E-state index >= 15 is 0 Å². The monoisotopic (exact) mass is 667 g/mol. The predicted octanol–water partition coefficient (Wildman–Crippen LogP) is 2.98. The molecule has 0 bridgehead atoms. The third kappa shape index (κ3) is 8.39. The molecule has 5 atom stereocenters. The third-order valence-electron chi connectivity index (χ3n) is 7.08. The summed E-state index contributed by atoms with van der Waals surface area (Å²) in [6.45, 7) is 1.97. The zero-order valence-corrected chi connectivity index (χ0v) is 25.7. The summed E-state index contributed by atoms with van der Waals surface area (Å²) < 4.78 is 66.1. The largest absolute Gasteiger partial charge is 0.462 e. The van der Waals surface area contributed by atoms with Gasteiger partial charge in [0, 0.05) is 24.4 Å². The van der Waals surface area contributed by atoms with Crippen LogP contribution in [-0.2, 0) is 33.6 Å². The second-order valence-corrected chi connectivity index (χ2v) is 11.6. The maximum Gasteiger partial charge on any atom is 0.397 e.